The van der Waals surface area contributed by atoms with Crippen LogP contribution in [0.1, 0.15) is 35.9 Å². The number of ketones is 1. The quantitative estimate of drug-likeness (QED) is 0.556. The van der Waals surface area contributed by atoms with Gasteiger partial charge in [-0.25, -0.2) is 0 Å². The molecule has 2 N–H and O–H groups in total. The van der Waals surface area contributed by atoms with Crippen LogP contribution in [-0.2, 0) is 4.79 Å². The second-order valence-electron chi connectivity index (χ2n) is 8.89. The fraction of sp³-hybridized carbons (Fsp3) is 0.222. The number of fused-ring (bicyclic) bond motifs is 3. The minimum atomic E-state index is -0.300. The summed E-state index contributed by atoms with van der Waals surface area (Å²) in [5.41, 5.74) is 5.66. The monoisotopic (exact) mass is 454 g/mol. The van der Waals surface area contributed by atoms with Crippen molar-refractivity contribution < 1.29 is 23.7 Å². The molecule has 7 rings (SSSR count). The molecule has 0 aromatic heterocycles. The second-order valence-corrected chi connectivity index (χ2v) is 8.89. The molecule has 0 unspecified atom stereocenters. The Balaban J connectivity index is 1.31. The zero-order valence-electron chi connectivity index (χ0n) is 18.3. The lowest BCUT2D eigenvalue weighted by Gasteiger charge is -2.30. The first kappa shape index (κ1) is 19.3. The summed E-state index contributed by atoms with van der Waals surface area (Å²) >= 11 is 0. The van der Waals surface area contributed by atoms with E-state index in [1.165, 1.54) is 0 Å². The molecule has 7 heteroatoms. The number of hydrogen-bond acceptors (Lipinski definition) is 7. The summed E-state index contributed by atoms with van der Waals surface area (Å²) in [6, 6.07) is 19.6. The molecule has 0 saturated heterocycles. The highest BCUT2D eigenvalue weighted by atomic mass is 16.7. The van der Waals surface area contributed by atoms with E-state index in [2.05, 4.69) is 10.6 Å². The number of carbonyl (C=O) groups is 1. The van der Waals surface area contributed by atoms with Gasteiger partial charge in [0.2, 0.25) is 13.6 Å². The summed E-state index contributed by atoms with van der Waals surface area (Å²) in [7, 11) is 0. The van der Waals surface area contributed by atoms with Crippen molar-refractivity contribution in [2.24, 2.45) is 0 Å². The minimum absolute atomic E-state index is 0.0518. The molecule has 0 spiro atoms. The standard InChI is InChI=1S/C27H22N2O5/c30-21-10-17(15-5-7-22-24(11-15)33-13-31-22)9-20-26(21)27(29-19-4-2-1-3-18(19)28-20)16-6-8-23-25(12-16)34-14-32-23/h1-8,11-12,17,27-29H,9-10,13-14H2/t17-,27+/m1/s1. The molecule has 2 atom stereocenters. The summed E-state index contributed by atoms with van der Waals surface area (Å²) in [6.45, 7) is 0.449. The lowest BCUT2D eigenvalue weighted by atomic mass is 9.78. The van der Waals surface area contributed by atoms with E-state index in [1.807, 2.05) is 60.7 Å². The number of allylic oxidation sites excluding steroid dienone is 1. The van der Waals surface area contributed by atoms with E-state index in [9.17, 15) is 4.79 Å². The van der Waals surface area contributed by atoms with Gasteiger partial charge in [-0.05, 0) is 59.9 Å². The van der Waals surface area contributed by atoms with Crippen LogP contribution >= 0.6 is 0 Å². The van der Waals surface area contributed by atoms with E-state index in [4.69, 9.17) is 18.9 Å². The Morgan fingerprint density at radius 3 is 2.12 bits per heavy atom. The van der Waals surface area contributed by atoms with Crippen molar-refractivity contribution in [1.82, 2.24) is 0 Å². The minimum Gasteiger partial charge on any atom is -0.454 e. The van der Waals surface area contributed by atoms with Crippen LogP contribution in [0.2, 0.25) is 0 Å². The molecule has 0 amide bonds. The average molecular weight is 454 g/mol. The number of anilines is 2. The Bertz CT molecular complexity index is 1360. The van der Waals surface area contributed by atoms with Gasteiger partial charge in [0, 0.05) is 17.7 Å². The van der Waals surface area contributed by atoms with Crippen LogP contribution in [0.5, 0.6) is 23.0 Å². The molecule has 7 nitrogen and oxygen atoms in total. The van der Waals surface area contributed by atoms with E-state index in [0.29, 0.717) is 12.2 Å². The first-order chi connectivity index (χ1) is 16.7. The van der Waals surface area contributed by atoms with E-state index in [1.54, 1.807) is 0 Å². The van der Waals surface area contributed by atoms with E-state index in [0.717, 1.165) is 57.4 Å². The third-order valence-electron chi connectivity index (χ3n) is 6.91. The number of para-hydroxylation sites is 2. The Labute approximate surface area is 196 Å². The number of ether oxygens (including phenoxy) is 4. The number of carbonyl (C=O) groups excluding carboxylic acids is 1. The molecule has 4 aliphatic rings. The van der Waals surface area contributed by atoms with Gasteiger partial charge in [-0.1, -0.05) is 24.3 Å². The maximum atomic E-state index is 13.7. The molecule has 34 heavy (non-hydrogen) atoms. The van der Waals surface area contributed by atoms with Gasteiger partial charge in [0.05, 0.1) is 17.4 Å². The molecular formula is C27H22N2O5. The number of nitrogens with one attached hydrogen (secondary N) is 2. The van der Waals surface area contributed by atoms with Crippen molar-refractivity contribution in [2.75, 3.05) is 24.2 Å². The van der Waals surface area contributed by atoms with Crippen LogP contribution in [0.15, 0.2) is 71.9 Å². The van der Waals surface area contributed by atoms with Crippen molar-refractivity contribution in [3.05, 3.63) is 83.1 Å². The summed E-state index contributed by atoms with van der Waals surface area (Å²) < 4.78 is 22.1. The van der Waals surface area contributed by atoms with Gasteiger partial charge >= 0.3 is 0 Å². The number of hydrogen-bond donors (Lipinski definition) is 2. The predicted molar refractivity (Wildman–Crippen MR) is 126 cm³/mol. The van der Waals surface area contributed by atoms with E-state index in [-0.39, 0.29) is 31.3 Å². The molecule has 1 aliphatic carbocycles. The lowest BCUT2D eigenvalue weighted by Crippen LogP contribution is -2.26. The third-order valence-corrected chi connectivity index (χ3v) is 6.91. The SMILES string of the molecule is O=C1C[C@H](c2ccc3c(c2)OCO3)CC2=C1[C@H](c1ccc3c(c1)OCO3)Nc1ccccc1N2. The molecule has 3 aromatic carbocycles. The van der Waals surface area contributed by atoms with Crippen LogP contribution in [-0.4, -0.2) is 19.4 Å². The van der Waals surface area contributed by atoms with Crippen molar-refractivity contribution in [1.29, 1.82) is 0 Å². The summed E-state index contributed by atoms with van der Waals surface area (Å²) in [5.74, 6) is 3.09. The van der Waals surface area contributed by atoms with Gasteiger partial charge in [0.15, 0.2) is 28.8 Å². The van der Waals surface area contributed by atoms with Crippen molar-refractivity contribution in [3.8, 4) is 23.0 Å². The zero-order chi connectivity index (χ0) is 22.6. The van der Waals surface area contributed by atoms with Crippen molar-refractivity contribution in [2.45, 2.75) is 24.8 Å². The first-order valence-corrected chi connectivity index (χ1v) is 11.4. The van der Waals surface area contributed by atoms with Gasteiger partial charge in [0.1, 0.15) is 0 Å². The highest BCUT2D eigenvalue weighted by Crippen LogP contribution is 2.46. The molecular weight excluding hydrogens is 432 g/mol. The normalized spacial score (nSPS) is 21.8. The maximum absolute atomic E-state index is 13.7. The number of Topliss-reactive ketones (excluding diaryl/α,β-unsaturated/α-hetero) is 1. The van der Waals surface area contributed by atoms with Crippen LogP contribution in [0.3, 0.4) is 0 Å². The number of benzene rings is 3. The molecule has 0 saturated carbocycles. The molecule has 170 valence electrons. The van der Waals surface area contributed by atoms with Crippen LogP contribution in [0, 0.1) is 0 Å². The highest BCUT2D eigenvalue weighted by Gasteiger charge is 2.37. The van der Waals surface area contributed by atoms with Gasteiger partial charge in [-0.15, -0.1) is 0 Å². The fourth-order valence-electron chi connectivity index (χ4n) is 5.24. The Kier molecular flexibility index (Phi) is 4.24. The predicted octanol–water partition coefficient (Wildman–Crippen LogP) is 5.12. The molecule has 0 radical (unpaired) electrons. The second kappa shape index (κ2) is 7.45. The molecule has 3 aliphatic heterocycles. The number of rotatable bonds is 2. The van der Waals surface area contributed by atoms with Gasteiger partial charge < -0.3 is 29.6 Å². The molecule has 0 fully saturated rings. The lowest BCUT2D eigenvalue weighted by molar-refractivity contribution is -0.116. The van der Waals surface area contributed by atoms with Crippen LogP contribution < -0.4 is 29.6 Å². The molecule has 0 bridgehead atoms. The summed E-state index contributed by atoms with van der Waals surface area (Å²) in [6.07, 6.45) is 1.15. The smallest absolute Gasteiger partial charge is 0.231 e. The summed E-state index contributed by atoms with van der Waals surface area (Å²) in [5, 5.41) is 7.19. The Morgan fingerprint density at radius 1 is 0.706 bits per heavy atom. The zero-order valence-corrected chi connectivity index (χ0v) is 18.3. The van der Waals surface area contributed by atoms with E-state index < -0.39 is 0 Å². The van der Waals surface area contributed by atoms with Crippen molar-refractivity contribution >= 4 is 17.2 Å². The fourth-order valence-corrected chi connectivity index (χ4v) is 5.24. The maximum Gasteiger partial charge on any atom is 0.231 e. The van der Waals surface area contributed by atoms with Gasteiger partial charge in [-0.3, -0.25) is 4.79 Å². The van der Waals surface area contributed by atoms with Crippen LogP contribution in [0.25, 0.3) is 0 Å². The van der Waals surface area contributed by atoms with Crippen molar-refractivity contribution in [3.63, 3.8) is 0 Å². The molecule has 3 heterocycles. The topological polar surface area (TPSA) is 78.1 Å². The van der Waals surface area contributed by atoms with Crippen LogP contribution in [0.4, 0.5) is 11.4 Å². The largest absolute Gasteiger partial charge is 0.454 e. The highest BCUT2D eigenvalue weighted by molar-refractivity contribution is 6.01. The Morgan fingerprint density at radius 2 is 1.35 bits per heavy atom. The average Bonchev–Trinajstić information content (AvgIpc) is 3.48. The first-order valence-electron chi connectivity index (χ1n) is 11.4. The third kappa shape index (κ3) is 3.08. The van der Waals surface area contributed by atoms with Gasteiger partial charge in [0.25, 0.3) is 0 Å². The molecule has 3 aromatic rings. The summed E-state index contributed by atoms with van der Waals surface area (Å²) in [4.78, 5) is 13.7. The van der Waals surface area contributed by atoms with Gasteiger partial charge in [-0.2, -0.15) is 0 Å². The Hall–Kier alpha value is -4.13. The van der Waals surface area contributed by atoms with E-state index >= 15 is 0 Å².